The molecule has 2 rings (SSSR count). The van der Waals surface area contributed by atoms with Crippen molar-refractivity contribution in [2.75, 3.05) is 0 Å². The lowest BCUT2D eigenvalue weighted by molar-refractivity contribution is 0.109. The van der Waals surface area contributed by atoms with Crippen molar-refractivity contribution in [1.82, 2.24) is 0 Å². The van der Waals surface area contributed by atoms with Gasteiger partial charge in [-0.15, -0.1) is 0 Å². The third-order valence-electron chi connectivity index (χ3n) is 3.26. The molecule has 1 aliphatic carbocycles. The van der Waals surface area contributed by atoms with Crippen LogP contribution >= 0.6 is 23.2 Å². The van der Waals surface area contributed by atoms with Crippen molar-refractivity contribution in [3.8, 4) is 0 Å². The second kappa shape index (κ2) is 5.39. The topological polar surface area (TPSA) is 20.2 Å². The van der Waals surface area contributed by atoms with Crippen molar-refractivity contribution < 1.29 is 5.11 Å². The first-order valence-electron chi connectivity index (χ1n) is 5.76. The minimum atomic E-state index is -0.0841. The Labute approximate surface area is 106 Å². The van der Waals surface area contributed by atoms with Gasteiger partial charge in [-0.2, -0.15) is 0 Å². The van der Waals surface area contributed by atoms with E-state index in [0.29, 0.717) is 16.0 Å². The van der Waals surface area contributed by atoms with E-state index >= 15 is 0 Å². The van der Waals surface area contributed by atoms with Crippen LogP contribution in [0.15, 0.2) is 18.2 Å². The third kappa shape index (κ3) is 3.38. The zero-order valence-corrected chi connectivity index (χ0v) is 10.6. The van der Waals surface area contributed by atoms with Crippen molar-refractivity contribution in [1.29, 1.82) is 0 Å². The van der Waals surface area contributed by atoms with Crippen LogP contribution in [0.4, 0.5) is 0 Å². The maximum Gasteiger partial charge on any atom is 0.0540 e. The van der Waals surface area contributed by atoms with E-state index in [1.54, 1.807) is 6.07 Å². The van der Waals surface area contributed by atoms with E-state index in [-0.39, 0.29) is 6.10 Å². The van der Waals surface area contributed by atoms with Crippen LogP contribution in [0.2, 0.25) is 10.0 Å². The molecule has 1 aliphatic rings. The molecule has 88 valence electrons. The Morgan fingerprint density at radius 1 is 1.00 bits per heavy atom. The summed E-state index contributed by atoms with van der Waals surface area (Å²) < 4.78 is 0. The van der Waals surface area contributed by atoms with Gasteiger partial charge in [0.05, 0.1) is 6.10 Å². The molecule has 1 aromatic carbocycles. The fourth-order valence-electron chi connectivity index (χ4n) is 2.41. The minimum Gasteiger partial charge on any atom is -0.393 e. The third-order valence-corrected chi connectivity index (χ3v) is 3.70. The lowest BCUT2D eigenvalue weighted by Gasteiger charge is -2.25. The molecule has 0 saturated heterocycles. The van der Waals surface area contributed by atoms with Crippen LogP contribution in [0.3, 0.4) is 0 Å². The van der Waals surface area contributed by atoms with Crippen molar-refractivity contribution in [2.24, 2.45) is 5.92 Å². The standard InChI is InChI=1S/C13H16Cl2O/c14-11-6-10(7-12(15)8-11)5-9-1-3-13(16)4-2-9/h6-9,13,16H,1-5H2. The van der Waals surface area contributed by atoms with Gasteiger partial charge in [0.1, 0.15) is 0 Å². The van der Waals surface area contributed by atoms with Gasteiger partial charge in [-0.05, 0) is 61.8 Å². The van der Waals surface area contributed by atoms with Gasteiger partial charge in [0.15, 0.2) is 0 Å². The van der Waals surface area contributed by atoms with Crippen molar-refractivity contribution in [3.05, 3.63) is 33.8 Å². The molecule has 1 fully saturated rings. The molecule has 1 saturated carbocycles. The normalized spacial score (nSPS) is 25.7. The molecule has 1 N–H and O–H groups in total. The number of rotatable bonds is 2. The Morgan fingerprint density at radius 2 is 1.56 bits per heavy atom. The summed E-state index contributed by atoms with van der Waals surface area (Å²) in [5.74, 6) is 0.665. The summed E-state index contributed by atoms with van der Waals surface area (Å²) in [5, 5.41) is 10.9. The van der Waals surface area contributed by atoms with E-state index in [9.17, 15) is 5.11 Å². The first-order chi connectivity index (χ1) is 7.63. The highest BCUT2D eigenvalue weighted by atomic mass is 35.5. The molecule has 0 aliphatic heterocycles. The van der Waals surface area contributed by atoms with Crippen molar-refractivity contribution in [3.63, 3.8) is 0 Å². The molecule has 16 heavy (non-hydrogen) atoms. The minimum absolute atomic E-state index is 0.0841. The van der Waals surface area contributed by atoms with E-state index < -0.39 is 0 Å². The highest BCUT2D eigenvalue weighted by Gasteiger charge is 2.19. The van der Waals surface area contributed by atoms with E-state index in [0.717, 1.165) is 32.1 Å². The molecule has 0 atom stereocenters. The number of hydrogen-bond acceptors (Lipinski definition) is 1. The largest absolute Gasteiger partial charge is 0.393 e. The van der Waals surface area contributed by atoms with Gasteiger partial charge in [0.2, 0.25) is 0 Å². The number of benzene rings is 1. The summed E-state index contributed by atoms with van der Waals surface area (Å²) >= 11 is 11.9. The predicted octanol–water partition coefficient (Wildman–Crippen LogP) is 4.09. The summed E-state index contributed by atoms with van der Waals surface area (Å²) in [4.78, 5) is 0. The molecule has 0 amide bonds. The zero-order valence-electron chi connectivity index (χ0n) is 9.13. The van der Waals surface area contributed by atoms with E-state index in [1.165, 1.54) is 5.56 Å². The zero-order chi connectivity index (χ0) is 11.5. The molecule has 0 bridgehead atoms. The Balaban J connectivity index is 1.98. The fraction of sp³-hybridized carbons (Fsp3) is 0.538. The predicted molar refractivity (Wildman–Crippen MR) is 68.1 cm³/mol. The highest BCUT2D eigenvalue weighted by Crippen LogP contribution is 2.29. The van der Waals surface area contributed by atoms with Gasteiger partial charge in [-0.25, -0.2) is 0 Å². The Bertz CT molecular complexity index is 337. The Morgan fingerprint density at radius 3 is 2.12 bits per heavy atom. The molecule has 0 spiro atoms. The van der Waals surface area contributed by atoms with Crippen LogP contribution in [0.1, 0.15) is 31.2 Å². The molecular weight excluding hydrogens is 243 g/mol. The summed E-state index contributed by atoms with van der Waals surface area (Å²) in [6.45, 7) is 0. The molecule has 1 aromatic rings. The van der Waals surface area contributed by atoms with Gasteiger partial charge in [0.25, 0.3) is 0 Å². The monoisotopic (exact) mass is 258 g/mol. The van der Waals surface area contributed by atoms with Crippen LogP contribution in [0.25, 0.3) is 0 Å². The first-order valence-corrected chi connectivity index (χ1v) is 6.52. The van der Waals surface area contributed by atoms with Crippen LogP contribution in [-0.2, 0) is 6.42 Å². The molecule has 0 aromatic heterocycles. The lowest BCUT2D eigenvalue weighted by Crippen LogP contribution is -2.19. The first kappa shape index (κ1) is 12.2. The van der Waals surface area contributed by atoms with E-state index in [2.05, 4.69) is 0 Å². The maximum absolute atomic E-state index is 9.44. The van der Waals surface area contributed by atoms with Gasteiger partial charge in [0, 0.05) is 10.0 Å². The summed E-state index contributed by atoms with van der Waals surface area (Å²) in [6.07, 6.45) is 5.00. The smallest absolute Gasteiger partial charge is 0.0540 e. The SMILES string of the molecule is OC1CCC(Cc2cc(Cl)cc(Cl)c2)CC1. The van der Waals surface area contributed by atoms with Gasteiger partial charge in [-0.1, -0.05) is 23.2 Å². The van der Waals surface area contributed by atoms with E-state index in [1.807, 2.05) is 12.1 Å². The van der Waals surface area contributed by atoms with Crippen molar-refractivity contribution >= 4 is 23.2 Å². The fourth-order valence-corrected chi connectivity index (χ4v) is 2.98. The second-order valence-corrected chi connectivity index (χ2v) is 5.53. The van der Waals surface area contributed by atoms with Crippen LogP contribution < -0.4 is 0 Å². The number of halogens is 2. The summed E-state index contributed by atoms with van der Waals surface area (Å²) in [7, 11) is 0. The lowest BCUT2D eigenvalue weighted by atomic mass is 9.83. The van der Waals surface area contributed by atoms with Crippen LogP contribution in [0, 0.1) is 5.92 Å². The maximum atomic E-state index is 9.44. The van der Waals surface area contributed by atoms with Crippen LogP contribution in [0.5, 0.6) is 0 Å². The average molecular weight is 259 g/mol. The number of aliphatic hydroxyl groups excluding tert-OH is 1. The molecule has 0 radical (unpaired) electrons. The van der Waals surface area contributed by atoms with Crippen LogP contribution in [-0.4, -0.2) is 11.2 Å². The highest BCUT2D eigenvalue weighted by molar-refractivity contribution is 6.34. The molecule has 3 heteroatoms. The van der Waals surface area contributed by atoms with Gasteiger partial charge < -0.3 is 5.11 Å². The Kier molecular flexibility index (Phi) is 4.12. The van der Waals surface area contributed by atoms with Crippen molar-refractivity contribution in [2.45, 2.75) is 38.2 Å². The molecule has 0 unspecified atom stereocenters. The summed E-state index contributed by atoms with van der Waals surface area (Å²) in [6, 6.07) is 5.73. The number of aliphatic hydroxyl groups is 1. The molecule has 0 heterocycles. The second-order valence-electron chi connectivity index (χ2n) is 4.66. The molecule has 1 nitrogen and oxygen atoms in total. The van der Waals surface area contributed by atoms with Gasteiger partial charge >= 0.3 is 0 Å². The van der Waals surface area contributed by atoms with E-state index in [4.69, 9.17) is 23.2 Å². The van der Waals surface area contributed by atoms with Gasteiger partial charge in [-0.3, -0.25) is 0 Å². The number of hydrogen-bond donors (Lipinski definition) is 1. The quantitative estimate of drug-likeness (QED) is 0.848. The Hall–Kier alpha value is -0.240. The average Bonchev–Trinajstić information content (AvgIpc) is 2.20. The summed E-state index contributed by atoms with van der Waals surface area (Å²) in [5.41, 5.74) is 1.21. The molecular formula is C13H16Cl2O.